The summed E-state index contributed by atoms with van der Waals surface area (Å²) in [6.45, 7) is 2.09. The van der Waals surface area contributed by atoms with Crippen molar-refractivity contribution in [3.63, 3.8) is 0 Å². The van der Waals surface area contributed by atoms with Gasteiger partial charge in [0.1, 0.15) is 0 Å². The number of thiazole rings is 2. The third kappa shape index (κ3) is 3.05. The standard InChI is InChI=1S/C18H15N3S3/c1-11-6-8-12(9-7-11)13-10-23-17(19-13)21-18-20-16-14(22-2)4-3-5-15(16)24-18/h3-10H,1-2H3,(H,19,20,21). The Morgan fingerprint density at radius 1 is 1.00 bits per heavy atom. The number of hydrogen-bond acceptors (Lipinski definition) is 6. The average Bonchev–Trinajstić information content (AvgIpc) is 3.22. The largest absolute Gasteiger partial charge is 0.307 e. The van der Waals surface area contributed by atoms with E-state index in [2.05, 4.69) is 71.3 Å². The van der Waals surface area contributed by atoms with Crippen molar-refractivity contribution in [2.75, 3.05) is 11.6 Å². The van der Waals surface area contributed by atoms with Crippen LogP contribution in [-0.2, 0) is 0 Å². The molecule has 0 radical (unpaired) electrons. The Bertz CT molecular complexity index is 986. The van der Waals surface area contributed by atoms with Gasteiger partial charge in [-0.1, -0.05) is 47.2 Å². The van der Waals surface area contributed by atoms with Crippen LogP contribution >= 0.6 is 34.4 Å². The maximum absolute atomic E-state index is 4.73. The molecule has 2 heterocycles. The van der Waals surface area contributed by atoms with Gasteiger partial charge in [-0.3, -0.25) is 0 Å². The smallest absolute Gasteiger partial charge is 0.190 e. The van der Waals surface area contributed by atoms with Gasteiger partial charge in [0.25, 0.3) is 0 Å². The fraction of sp³-hybridized carbons (Fsp3) is 0.111. The molecule has 3 nitrogen and oxygen atoms in total. The molecule has 4 aromatic rings. The Hall–Kier alpha value is -1.89. The summed E-state index contributed by atoms with van der Waals surface area (Å²) >= 11 is 4.99. The van der Waals surface area contributed by atoms with Gasteiger partial charge >= 0.3 is 0 Å². The lowest BCUT2D eigenvalue weighted by molar-refractivity contribution is 1.34. The first kappa shape index (κ1) is 15.6. The van der Waals surface area contributed by atoms with Gasteiger partial charge < -0.3 is 5.32 Å². The van der Waals surface area contributed by atoms with Crippen molar-refractivity contribution in [2.24, 2.45) is 0 Å². The highest BCUT2D eigenvalue weighted by molar-refractivity contribution is 7.98. The highest BCUT2D eigenvalue weighted by Crippen LogP contribution is 2.34. The average molecular weight is 370 g/mol. The van der Waals surface area contributed by atoms with Crippen molar-refractivity contribution in [2.45, 2.75) is 11.8 Å². The quantitative estimate of drug-likeness (QED) is 0.435. The first-order chi connectivity index (χ1) is 11.7. The number of rotatable bonds is 4. The van der Waals surface area contributed by atoms with Crippen LogP contribution in [-0.4, -0.2) is 16.2 Å². The van der Waals surface area contributed by atoms with Crippen LogP contribution in [0.5, 0.6) is 0 Å². The van der Waals surface area contributed by atoms with Crippen LogP contribution in [0.3, 0.4) is 0 Å². The summed E-state index contributed by atoms with van der Waals surface area (Å²) in [5, 5.41) is 7.18. The van der Waals surface area contributed by atoms with Gasteiger partial charge in [-0.15, -0.1) is 23.1 Å². The Labute approximate surface area is 152 Å². The van der Waals surface area contributed by atoms with E-state index in [0.29, 0.717) is 0 Å². The van der Waals surface area contributed by atoms with E-state index >= 15 is 0 Å². The maximum atomic E-state index is 4.73. The highest BCUT2D eigenvalue weighted by atomic mass is 32.2. The zero-order valence-electron chi connectivity index (χ0n) is 13.2. The molecule has 0 aliphatic heterocycles. The number of aryl methyl sites for hydroxylation is 1. The normalized spacial score (nSPS) is 11.1. The second-order valence-electron chi connectivity index (χ2n) is 5.35. The predicted octanol–water partition coefficient (Wildman–Crippen LogP) is 6.19. The van der Waals surface area contributed by atoms with Crippen molar-refractivity contribution in [1.82, 2.24) is 9.97 Å². The van der Waals surface area contributed by atoms with E-state index in [-0.39, 0.29) is 0 Å². The van der Waals surface area contributed by atoms with Crippen LogP contribution in [0.25, 0.3) is 21.5 Å². The van der Waals surface area contributed by atoms with Crippen molar-refractivity contribution >= 4 is 54.9 Å². The first-order valence-corrected chi connectivity index (χ1v) is 10.4. The number of benzene rings is 2. The van der Waals surface area contributed by atoms with Gasteiger partial charge in [-0.05, 0) is 25.3 Å². The Kier molecular flexibility index (Phi) is 4.26. The van der Waals surface area contributed by atoms with E-state index in [1.807, 2.05) is 0 Å². The zero-order chi connectivity index (χ0) is 16.5. The molecule has 2 aromatic carbocycles. The summed E-state index contributed by atoms with van der Waals surface area (Å²) in [4.78, 5) is 10.6. The Morgan fingerprint density at radius 3 is 2.62 bits per heavy atom. The topological polar surface area (TPSA) is 37.8 Å². The number of fused-ring (bicyclic) bond motifs is 1. The summed E-state index contributed by atoms with van der Waals surface area (Å²) in [7, 11) is 0. The molecule has 0 saturated carbocycles. The molecule has 0 aliphatic rings. The second-order valence-corrected chi connectivity index (χ2v) is 8.09. The number of anilines is 2. The molecule has 1 N–H and O–H groups in total. The van der Waals surface area contributed by atoms with Crippen LogP contribution < -0.4 is 5.32 Å². The van der Waals surface area contributed by atoms with Crippen LogP contribution in [0.2, 0.25) is 0 Å². The van der Waals surface area contributed by atoms with E-state index in [4.69, 9.17) is 4.98 Å². The van der Waals surface area contributed by atoms with Crippen LogP contribution in [0.4, 0.5) is 10.3 Å². The monoisotopic (exact) mass is 369 g/mol. The highest BCUT2D eigenvalue weighted by Gasteiger charge is 2.10. The van der Waals surface area contributed by atoms with Crippen molar-refractivity contribution in [1.29, 1.82) is 0 Å². The number of aromatic nitrogens is 2. The number of thioether (sulfide) groups is 1. The van der Waals surface area contributed by atoms with E-state index in [0.717, 1.165) is 27.0 Å². The number of para-hydroxylation sites is 1. The SMILES string of the molecule is CSc1cccc2sc(Nc3nc(-c4ccc(C)cc4)cs3)nc12. The van der Waals surface area contributed by atoms with E-state index in [1.165, 1.54) is 15.2 Å². The molecule has 0 aliphatic carbocycles. The summed E-state index contributed by atoms with van der Waals surface area (Å²) in [6, 6.07) is 14.7. The summed E-state index contributed by atoms with van der Waals surface area (Å²) in [5.41, 5.74) is 4.45. The molecule has 0 unspecified atom stereocenters. The number of nitrogens with zero attached hydrogens (tertiary/aromatic N) is 2. The zero-order valence-corrected chi connectivity index (χ0v) is 15.7. The summed E-state index contributed by atoms with van der Waals surface area (Å²) < 4.78 is 1.19. The Morgan fingerprint density at radius 2 is 1.83 bits per heavy atom. The van der Waals surface area contributed by atoms with Crippen LogP contribution in [0.15, 0.2) is 52.7 Å². The minimum atomic E-state index is 0.871. The first-order valence-electron chi connectivity index (χ1n) is 7.46. The van der Waals surface area contributed by atoms with Crippen LogP contribution in [0, 0.1) is 6.92 Å². The van der Waals surface area contributed by atoms with Gasteiger partial charge in [0.05, 0.1) is 15.9 Å². The lowest BCUT2D eigenvalue weighted by Gasteiger charge is -1.98. The van der Waals surface area contributed by atoms with Crippen LogP contribution in [0.1, 0.15) is 5.56 Å². The molecule has 0 bridgehead atoms. The van der Waals surface area contributed by atoms with Gasteiger partial charge in [-0.2, -0.15) is 0 Å². The van der Waals surface area contributed by atoms with E-state index in [1.54, 1.807) is 34.4 Å². The van der Waals surface area contributed by atoms with E-state index in [9.17, 15) is 0 Å². The molecule has 6 heteroatoms. The lowest BCUT2D eigenvalue weighted by Crippen LogP contribution is -1.88. The van der Waals surface area contributed by atoms with Gasteiger partial charge in [0.15, 0.2) is 10.3 Å². The second kappa shape index (κ2) is 6.55. The third-order valence-electron chi connectivity index (χ3n) is 3.67. The van der Waals surface area contributed by atoms with Crippen molar-refractivity contribution in [3.8, 4) is 11.3 Å². The fourth-order valence-corrected chi connectivity index (χ4v) is 4.72. The summed E-state index contributed by atoms with van der Waals surface area (Å²) in [6.07, 6.45) is 2.08. The molecule has 0 saturated heterocycles. The third-order valence-corrected chi connectivity index (χ3v) is 6.13. The minimum Gasteiger partial charge on any atom is -0.307 e. The van der Waals surface area contributed by atoms with Crippen molar-refractivity contribution in [3.05, 3.63) is 53.4 Å². The maximum Gasteiger partial charge on any atom is 0.190 e. The number of hydrogen-bond donors (Lipinski definition) is 1. The molecule has 2 aromatic heterocycles. The molecule has 0 fully saturated rings. The predicted molar refractivity (Wildman–Crippen MR) is 107 cm³/mol. The molecular weight excluding hydrogens is 354 g/mol. The molecule has 4 rings (SSSR count). The molecule has 120 valence electrons. The fourth-order valence-electron chi connectivity index (χ4n) is 2.42. The number of nitrogens with one attached hydrogen (secondary N) is 1. The molecular formula is C18H15N3S3. The molecule has 24 heavy (non-hydrogen) atoms. The Balaban J connectivity index is 1.61. The molecule has 0 atom stereocenters. The van der Waals surface area contributed by atoms with Gasteiger partial charge in [-0.25, -0.2) is 9.97 Å². The molecule has 0 spiro atoms. The van der Waals surface area contributed by atoms with E-state index < -0.39 is 0 Å². The lowest BCUT2D eigenvalue weighted by atomic mass is 10.1. The van der Waals surface area contributed by atoms with Crippen molar-refractivity contribution < 1.29 is 0 Å². The minimum absolute atomic E-state index is 0.871. The van der Waals surface area contributed by atoms with Gasteiger partial charge in [0, 0.05) is 15.8 Å². The summed E-state index contributed by atoms with van der Waals surface area (Å²) in [5.74, 6) is 0. The van der Waals surface area contributed by atoms with Gasteiger partial charge in [0.2, 0.25) is 0 Å². The molecule has 0 amide bonds.